The lowest BCUT2D eigenvalue weighted by atomic mass is 9.64. The Labute approximate surface area is 127 Å². The van der Waals surface area contributed by atoms with E-state index < -0.39 is 4.92 Å². The molecule has 2 rings (SSSR count). The third kappa shape index (κ3) is 2.96. The van der Waals surface area contributed by atoms with Crippen LogP contribution in [0.2, 0.25) is 0 Å². The van der Waals surface area contributed by atoms with E-state index in [1.54, 1.807) is 6.07 Å². The predicted molar refractivity (Wildman–Crippen MR) is 81.1 cm³/mol. The van der Waals surface area contributed by atoms with Gasteiger partial charge in [-0.15, -0.1) is 0 Å². The van der Waals surface area contributed by atoms with Crippen molar-refractivity contribution in [2.45, 2.75) is 39.3 Å². The molecule has 0 aromatic heterocycles. The van der Waals surface area contributed by atoms with Gasteiger partial charge >= 0.3 is 0 Å². The Balaban J connectivity index is 2.10. The summed E-state index contributed by atoms with van der Waals surface area (Å²) in [6.07, 6.45) is 0.988. The molecule has 1 aromatic carbocycles. The van der Waals surface area contributed by atoms with Crippen LogP contribution in [0, 0.1) is 15.5 Å². The minimum atomic E-state index is -0.412. The molecule has 0 saturated heterocycles. The molecular formula is C14H19BrN2O3. The van der Waals surface area contributed by atoms with E-state index in [0.717, 1.165) is 13.0 Å². The number of hydrogen-bond acceptors (Lipinski definition) is 4. The second-order valence-corrected chi connectivity index (χ2v) is 6.59. The van der Waals surface area contributed by atoms with Gasteiger partial charge in [-0.05, 0) is 12.6 Å². The number of nitro groups is 1. The summed E-state index contributed by atoms with van der Waals surface area (Å²) < 4.78 is 6.59. The predicted octanol–water partition coefficient (Wildman–Crippen LogP) is 3.51. The fraction of sp³-hybridized carbons (Fsp3) is 0.571. The smallest absolute Gasteiger partial charge is 0.274 e. The topological polar surface area (TPSA) is 64.4 Å². The van der Waals surface area contributed by atoms with Gasteiger partial charge in [0.2, 0.25) is 0 Å². The Hall–Kier alpha value is -1.14. The van der Waals surface area contributed by atoms with Crippen molar-refractivity contribution in [1.29, 1.82) is 0 Å². The van der Waals surface area contributed by atoms with Crippen LogP contribution in [0.3, 0.4) is 0 Å². The summed E-state index contributed by atoms with van der Waals surface area (Å²) >= 11 is 3.28. The van der Waals surface area contributed by atoms with E-state index in [2.05, 4.69) is 42.0 Å². The molecule has 1 aromatic rings. The van der Waals surface area contributed by atoms with Crippen LogP contribution in [0.25, 0.3) is 0 Å². The Kier molecular flexibility index (Phi) is 4.34. The van der Waals surface area contributed by atoms with Crippen molar-refractivity contribution in [3.63, 3.8) is 0 Å². The normalized spacial score (nSPS) is 24.0. The molecule has 1 fully saturated rings. The standard InChI is InChI=1S/C14H19BrN2O3/c1-4-16-12-8-13(14(12,2)3)20-11-6-9(15)5-10(7-11)17(18)19/h5-7,12-13,16H,4,8H2,1-3H3. The third-order valence-electron chi connectivity index (χ3n) is 3.97. The van der Waals surface area contributed by atoms with Gasteiger partial charge in [0.25, 0.3) is 5.69 Å². The van der Waals surface area contributed by atoms with Gasteiger partial charge in [0, 0.05) is 28.4 Å². The lowest BCUT2D eigenvalue weighted by Crippen LogP contribution is -2.62. The molecule has 110 valence electrons. The van der Waals surface area contributed by atoms with Crippen LogP contribution in [-0.4, -0.2) is 23.6 Å². The van der Waals surface area contributed by atoms with Crippen molar-refractivity contribution in [3.8, 4) is 5.75 Å². The average Bonchev–Trinajstić information content (AvgIpc) is 2.37. The van der Waals surface area contributed by atoms with Crippen LogP contribution < -0.4 is 10.1 Å². The maximum absolute atomic E-state index is 10.9. The number of rotatable bonds is 5. The number of halogens is 1. The van der Waals surface area contributed by atoms with Gasteiger partial charge in [-0.1, -0.05) is 36.7 Å². The summed E-state index contributed by atoms with van der Waals surface area (Å²) in [5.74, 6) is 0.541. The first-order valence-electron chi connectivity index (χ1n) is 6.69. The number of hydrogen-bond donors (Lipinski definition) is 1. The van der Waals surface area contributed by atoms with Crippen LogP contribution in [0.4, 0.5) is 5.69 Å². The summed E-state index contributed by atoms with van der Waals surface area (Å²) in [5, 5.41) is 14.3. The molecular weight excluding hydrogens is 324 g/mol. The van der Waals surface area contributed by atoms with Crippen molar-refractivity contribution in [2.75, 3.05) is 6.54 Å². The van der Waals surface area contributed by atoms with Crippen LogP contribution in [0.5, 0.6) is 5.75 Å². The Morgan fingerprint density at radius 3 is 2.75 bits per heavy atom. The molecule has 2 atom stereocenters. The van der Waals surface area contributed by atoms with Crippen LogP contribution >= 0.6 is 15.9 Å². The number of non-ortho nitro benzene ring substituents is 1. The largest absolute Gasteiger partial charge is 0.489 e. The maximum atomic E-state index is 10.9. The number of ether oxygens (including phenoxy) is 1. The molecule has 0 spiro atoms. The van der Waals surface area contributed by atoms with Crippen LogP contribution in [-0.2, 0) is 0 Å². The highest BCUT2D eigenvalue weighted by atomic mass is 79.9. The van der Waals surface area contributed by atoms with Gasteiger partial charge in [-0.2, -0.15) is 0 Å². The zero-order chi connectivity index (χ0) is 14.9. The van der Waals surface area contributed by atoms with E-state index in [1.807, 2.05) is 0 Å². The van der Waals surface area contributed by atoms with Crippen molar-refractivity contribution in [1.82, 2.24) is 5.32 Å². The lowest BCUT2D eigenvalue weighted by molar-refractivity contribution is -0.385. The Morgan fingerprint density at radius 1 is 1.50 bits per heavy atom. The molecule has 0 radical (unpaired) electrons. The molecule has 0 heterocycles. The molecule has 1 aliphatic rings. The molecule has 0 aliphatic heterocycles. The Morgan fingerprint density at radius 2 is 2.20 bits per heavy atom. The molecule has 20 heavy (non-hydrogen) atoms. The highest BCUT2D eigenvalue weighted by Gasteiger charge is 2.49. The first-order chi connectivity index (χ1) is 9.34. The summed E-state index contributed by atoms with van der Waals surface area (Å²) in [6, 6.07) is 5.14. The van der Waals surface area contributed by atoms with Crippen LogP contribution in [0.1, 0.15) is 27.2 Å². The van der Waals surface area contributed by atoms with Crippen LogP contribution in [0.15, 0.2) is 22.7 Å². The zero-order valence-electron chi connectivity index (χ0n) is 11.9. The number of nitrogens with zero attached hydrogens (tertiary/aromatic N) is 1. The molecule has 0 amide bonds. The molecule has 1 aliphatic carbocycles. The summed E-state index contributed by atoms with van der Waals surface area (Å²) in [4.78, 5) is 10.4. The zero-order valence-corrected chi connectivity index (χ0v) is 13.4. The molecule has 1 saturated carbocycles. The third-order valence-corrected chi connectivity index (χ3v) is 4.43. The van der Waals surface area contributed by atoms with E-state index in [4.69, 9.17) is 4.74 Å². The summed E-state index contributed by atoms with van der Waals surface area (Å²) in [5.41, 5.74) is 0.0577. The minimum Gasteiger partial charge on any atom is -0.489 e. The van der Waals surface area contributed by atoms with E-state index in [-0.39, 0.29) is 17.2 Å². The van der Waals surface area contributed by atoms with Gasteiger partial charge in [-0.3, -0.25) is 10.1 Å². The van der Waals surface area contributed by atoms with Gasteiger partial charge in [0.05, 0.1) is 11.0 Å². The highest BCUT2D eigenvalue weighted by Crippen LogP contribution is 2.43. The number of nitrogens with one attached hydrogen (secondary N) is 1. The Bertz CT molecular complexity index is 519. The maximum Gasteiger partial charge on any atom is 0.274 e. The van der Waals surface area contributed by atoms with Gasteiger partial charge in [-0.25, -0.2) is 0 Å². The number of benzene rings is 1. The van der Waals surface area contributed by atoms with Crippen molar-refractivity contribution >= 4 is 21.6 Å². The van der Waals surface area contributed by atoms with E-state index in [1.165, 1.54) is 12.1 Å². The molecule has 6 heteroatoms. The SMILES string of the molecule is CCNC1CC(Oc2cc(Br)cc([N+](=O)[O-])c2)C1(C)C. The molecule has 0 bridgehead atoms. The van der Waals surface area contributed by atoms with Crippen molar-refractivity contribution < 1.29 is 9.66 Å². The molecule has 2 unspecified atom stereocenters. The number of nitro benzene ring substituents is 1. The summed E-state index contributed by atoms with van der Waals surface area (Å²) in [6.45, 7) is 7.33. The fourth-order valence-corrected chi connectivity index (χ4v) is 3.02. The fourth-order valence-electron chi connectivity index (χ4n) is 2.56. The molecule has 1 N–H and O–H groups in total. The summed E-state index contributed by atoms with van der Waals surface area (Å²) in [7, 11) is 0. The minimum absolute atomic E-state index is 0.0209. The van der Waals surface area contributed by atoms with E-state index in [0.29, 0.717) is 16.3 Å². The van der Waals surface area contributed by atoms with Crippen molar-refractivity contribution in [2.24, 2.45) is 5.41 Å². The van der Waals surface area contributed by atoms with Gasteiger partial charge in [0.15, 0.2) is 0 Å². The average molecular weight is 343 g/mol. The monoisotopic (exact) mass is 342 g/mol. The first kappa shape index (κ1) is 15.3. The lowest BCUT2D eigenvalue weighted by Gasteiger charge is -2.51. The van der Waals surface area contributed by atoms with E-state index in [9.17, 15) is 10.1 Å². The quantitative estimate of drug-likeness (QED) is 0.656. The second kappa shape index (κ2) is 5.69. The first-order valence-corrected chi connectivity index (χ1v) is 7.49. The molecule has 5 nitrogen and oxygen atoms in total. The van der Waals surface area contributed by atoms with Gasteiger partial charge in [0.1, 0.15) is 11.9 Å². The highest BCUT2D eigenvalue weighted by molar-refractivity contribution is 9.10. The second-order valence-electron chi connectivity index (χ2n) is 5.68. The van der Waals surface area contributed by atoms with Gasteiger partial charge < -0.3 is 10.1 Å². The van der Waals surface area contributed by atoms with E-state index >= 15 is 0 Å². The van der Waals surface area contributed by atoms with Crippen molar-refractivity contribution in [3.05, 3.63) is 32.8 Å².